The van der Waals surface area contributed by atoms with Gasteiger partial charge in [-0.15, -0.1) is 0 Å². The fraction of sp³-hybridized carbons (Fsp3) is 0.412. The van der Waals surface area contributed by atoms with Crippen LogP contribution in [0.25, 0.3) is 0 Å². The highest BCUT2D eigenvalue weighted by atomic mass is 16.4. The summed E-state index contributed by atoms with van der Waals surface area (Å²) in [5, 5.41) is 14.4. The number of carboxylic acid groups (broad SMARTS) is 1. The van der Waals surface area contributed by atoms with Gasteiger partial charge in [-0.3, -0.25) is 14.4 Å². The summed E-state index contributed by atoms with van der Waals surface area (Å²) < 4.78 is 0. The summed E-state index contributed by atoms with van der Waals surface area (Å²) in [6, 6.07) is 8.86. The molecule has 1 aliphatic rings. The molecule has 24 heavy (non-hydrogen) atoms. The minimum absolute atomic E-state index is 0.129. The smallest absolute Gasteiger partial charge is 0.323 e. The Kier molecular flexibility index (Phi) is 5.68. The normalized spacial score (nSPS) is 14.5. The monoisotopic (exact) mass is 331 g/mol. The van der Waals surface area contributed by atoms with Crippen LogP contribution in [0, 0.1) is 5.92 Å². The third-order valence-corrected chi connectivity index (χ3v) is 3.48. The van der Waals surface area contributed by atoms with Gasteiger partial charge in [-0.05, 0) is 18.1 Å². The number of carboxylic acids is 1. The predicted octanol–water partition coefficient (Wildman–Crippen LogP) is 1.74. The second-order valence-electron chi connectivity index (χ2n) is 6.06. The number of amides is 2. The molecule has 0 saturated carbocycles. The van der Waals surface area contributed by atoms with Crippen LogP contribution in [0.2, 0.25) is 0 Å². The van der Waals surface area contributed by atoms with Crippen molar-refractivity contribution in [2.24, 2.45) is 11.0 Å². The number of benzene rings is 1. The average molecular weight is 331 g/mol. The standard InChI is InChI=1S/C17H21N3O4/c1-12(2)10-19(11-16(22)23)17(24)14-8-9-15(21)20(18-14)13-6-4-3-5-7-13/h3-7,12H,8-11H2,1-2H3,(H,22,23). The molecule has 0 atom stereocenters. The summed E-state index contributed by atoms with van der Waals surface area (Å²) in [6.07, 6.45) is 0.386. The van der Waals surface area contributed by atoms with E-state index < -0.39 is 11.9 Å². The van der Waals surface area contributed by atoms with Crippen molar-refractivity contribution in [3.8, 4) is 0 Å². The number of hydrogen-bond donors (Lipinski definition) is 1. The van der Waals surface area contributed by atoms with E-state index in [0.29, 0.717) is 12.2 Å². The van der Waals surface area contributed by atoms with E-state index in [1.807, 2.05) is 19.9 Å². The van der Waals surface area contributed by atoms with Crippen LogP contribution in [-0.2, 0) is 14.4 Å². The van der Waals surface area contributed by atoms with Crippen molar-refractivity contribution in [1.29, 1.82) is 0 Å². The Morgan fingerprint density at radius 2 is 1.92 bits per heavy atom. The summed E-state index contributed by atoms with van der Waals surface area (Å²) in [5.41, 5.74) is 0.793. The van der Waals surface area contributed by atoms with E-state index in [1.54, 1.807) is 24.3 Å². The van der Waals surface area contributed by atoms with Gasteiger partial charge in [0.2, 0.25) is 5.91 Å². The molecule has 128 valence electrons. The van der Waals surface area contributed by atoms with Crippen molar-refractivity contribution in [3.05, 3.63) is 30.3 Å². The lowest BCUT2D eigenvalue weighted by molar-refractivity contribution is -0.142. The second kappa shape index (κ2) is 7.72. The second-order valence-corrected chi connectivity index (χ2v) is 6.06. The molecule has 1 heterocycles. The lowest BCUT2D eigenvalue weighted by Crippen LogP contribution is -2.45. The minimum atomic E-state index is -1.07. The predicted molar refractivity (Wildman–Crippen MR) is 89.7 cm³/mol. The molecule has 7 heteroatoms. The van der Waals surface area contributed by atoms with Crippen molar-refractivity contribution >= 4 is 29.2 Å². The molecule has 0 aliphatic carbocycles. The van der Waals surface area contributed by atoms with E-state index in [9.17, 15) is 14.4 Å². The number of anilines is 1. The topological polar surface area (TPSA) is 90.3 Å². The number of aliphatic carboxylic acids is 1. The summed E-state index contributed by atoms with van der Waals surface area (Å²) in [4.78, 5) is 37.0. The largest absolute Gasteiger partial charge is 0.480 e. The van der Waals surface area contributed by atoms with E-state index in [0.717, 1.165) is 0 Å². The molecule has 2 rings (SSSR count). The summed E-state index contributed by atoms with van der Waals surface area (Å²) in [6.45, 7) is 3.76. The maximum absolute atomic E-state index is 12.6. The van der Waals surface area contributed by atoms with Gasteiger partial charge in [-0.2, -0.15) is 5.10 Å². The number of hydrazone groups is 1. The van der Waals surface area contributed by atoms with Crippen molar-refractivity contribution in [1.82, 2.24) is 4.90 Å². The van der Waals surface area contributed by atoms with E-state index in [-0.39, 0.29) is 36.9 Å². The molecular weight excluding hydrogens is 310 g/mol. The Morgan fingerprint density at radius 3 is 2.50 bits per heavy atom. The molecule has 0 bridgehead atoms. The fourth-order valence-electron chi connectivity index (χ4n) is 2.48. The van der Waals surface area contributed by atoms with Crippen molar-refractivity contribution in [2.75, 3.05) is 18.1 Å². The molecule has 1 aromatic carbocycles. The third kappa shape index (κ3) is 4.41. The minimum Gasteiger partial charge on any atom is -0.480 e. The van der Waals surface area contributed by atoms with Gasteiger partial charge < -0.3 is 10.0 Å². The molecule has 0 saturated heterocycles. The van der Waals surface area contributed by atoms with Crippen LogP contribution >= 0.6 is 0 Å². The highest BCUT2D eigenvalue weighted by Gasteiger charge is 2.29. The Balaban J connectivity index is 2.26. The number of hydrogen-bond acceptors (Lipinski definition) is 4. The number of rotatable bonds is 6. The summed E-state index contributed by atoms with van der Waals surface area (Å²) in [7, 11) is 0. The zero-order valence-corrected chi connectivity index (χ0v) is 13.8. The number of carbonyl (C=O) groups excluding carboxylic acids is 2. The van der Waals surface area contributed by atoms with Crippen molar-refractivity contribution < 1.29 is 19.5 Å². The Hall–Kier alpha value is -2.70. The highest BCUT2D eigenvalue weighted by Crippen LogP contribution is 2.20. The van der Waals surface area contributed by atoms with Gasteiger partial charge in [-0.1, -0.05) is 32.0 Å². The first-order chi connectivity index (χ1) is 11.4. The molecule has 1 aromatic rings. The highest BCUT2D eigenvalue weighted by molar-refractivity contribution is 6.40. The first kappa shape index (κ1) is 17.7. The average Bonchev–Trinajstić information content (AvgIpc) is 2.54. The third-order valence-electron chi connectivity index (χ3n) is 3.48. The molecule has 0 fully saturated rings. The SMILES string of the molecule is CC(C)CN(CC(=O)O)C(=O)C1=NN(c2ccccc2)C(=O)CC1. The molecule has 0 radical (unpaired) electrons. The van der Waals surface area contributed by atoms with E-state index >= 15 is 0 Å². The maximum atomic E-state index is 12.6. The van der Waals surface area contributed by atoms with E-state index in [1.165, 1.54) is 9.91 Å². The van der Waals surface area contributed by atoms with Crippen molar-refractivity contribution in [2.45, 2.75) is 26.7 Å². The maximum Gasteiger partial charge on any atom is 0.323 e. The van der Waals surface area contributed by atoms with E-state index in [2.05, 4.69) is 5.10 Å². The van der Waals surface area contributed by atoms with Gasteiger partial charge in [0, 0.05) is 19.4 Å². The zero-order chi connectivity index (χ0) is 17.7. The molecular formula is C17H21N3O4. The quantitative estimate of drug-likeness (QED) is 0.859. The van der Waals surface area contributed by atoms with Crippen LogP contribution in [-0.4, -0.2) is 46.6 Å². The molecule has 0 unspecified atom stereocenters. The van der Waals surface area contributed by atoms with Crippen LogP contribution in [0.4, 0.5) is 5.69 Å². The van der Waals surface area contributed by atoms with Gasteiger partial charge in [-0.25, -0.2) is 5.01 Å². The molecule has 1 N–H and O–H groups in total. The van der Waals surface area contributed by atoms with Gasteiger partial charge >= 0.3 is 5.97 Å². The van der Waals surface area contributed by atoms with Crippen LogP contribution < -0.4 is 5.01 Å². The Labute approximate surface area is 140 Å². The molecule has 0 aromatic heterocycles. The van der Waals surface area contributed by atoms with Crippen LogP contribution in [0.3, 0.4) is 0 Å². The summed E-state index contributed by atoms with van der Waals surface area (Å²) in [5.74, 6) is -1.56. The lowest BCUT2D eigenvalue weighted by Gasteiger charge is -2.27. The van der Waals surface area contributed by atoms with Gasteiger partial charge in [0.15, 0.2) is 0 Å². The Morgan fingerprint density at radius 1 is 1.25 bits per heavy atom. The first-order valence-corrected chi connectivity index (χ1v) is 7.85. The fourth-order valence-corrected chi connectivity index (χ4v) is 2.48. The number of para-hydroxylation sites is 1. The molecule has 7 nitrogen and oxygen atoms in total. The van der Waals surface area contributed by atoms with Crippen LogP contribution in [0.5, 0.6) is 0 Å². The van der Waals surface area contributed by atoms with Gasteiger partial charge in [0.1, 0.15) is 12.3 Å². The van der Waals surface area contributed by atoms with Crippen LogP contribution in [0.15, 0.2) is 35.4 Å². The number of nitrogens with zero attached hydrogens (tertiary/aromatic N) is 3. The Bertz CT molecular complexity index is 655. The first-order valence-electron chi connectivity index (χ1n) is 7.85. The molecule has 2 amide bonds. The lowest BCUT2D eigenvalue weighted by atomic mass is 10.1. The van der Waals surface area contributed by atoms with Crippen LogP contribution in [0.1, 0.15) is 26.7 Å². The molecule has 1 aliphatic heterocycles. The van der Waals surface area contributed by atoms with Crippen molar-refractivity contribution in [3.63, 3.8) is 0 Å². The van der Waals surface area contributed by atoms with E-state index in [4.69, 9.17) is 5.11 Å². The molecule has 0 spiro atoms. The zero-order valence-electron chi connectivity index (χ0n) is 13.8. The number of carbonyl (C=O) groups is 3. The van der Waals surface area contributed by atoms with Gasteiger partial charge in [0.25, 0.3) is 5.91 Å². The van der Waals surface area contributed by atoms with Gasteiger partial charge in [0.05, 0.1) is 5.69 Å². The summed E-state index contributed by atoms with van der Waals surface area (Å²) >= 11 is 0.